The normalized spacial score (nSPS) is 33.5. The zero-order valence-electron chi connectivity index (χ0n) is 19.7. The van der Waals surface area contributed by atoms with E-state index in [0.29, 0.717) is 18.4 Å². The van der Waals surface area contributed by atoms with Gasteiger partial charge >= 0.3 is 11.9 Å². The lowest BCUT2D eigenvalue weighted by molar-refractivity contribution is -0.275. The Balaban J connectivity index is 1.54. The summed E-state index contributed by atoms with van der Waals surface area (Å²) in [6.07, 6.45) is 6.39. The molecular weight excluding hydrogens is 396 g/mol. The summed E-state index contributed by atoms with van der Waals surface area (Å²) in [6, 6.07) is 0. The number of esters is 2. The van der Waals surface area contributed by atoms with E-state index in [1.165, 1.54) is 6.42 Å². The predicted molar refractivity (Wildman–Crippen MR) is 116 cm³/mol. The molecule has 4 rings (SSSR count). The first kappa shape index (κ1) is 23.0. The van der Waals surface area contributed by atoms with Crippen molar-refractivity contribution in [3.8, 4) is 0 Å². The lowest BCUT2D eigenvalue weighted by Gasteiger charge is -2.48. The van der Waals surface area contributed by atoms with E-state index in [0.717, 1.165) is 64.7 Å². The van der Waals surface area contributed by atoms with Gasteiger partial charge in [-0.25, -0.2) is 4.79 Å². The quantitative estimate of drug-likeness (QED) is 0.568. The zero-order valence-corrected chi connectivity index (χ0v) is 19.7. The highest BCUT2D eigenvalue weighted by molar-refractivity contribution is 5.79. The average Bonchev–Trinajstić information content (AvgIpc) is 3.10. The molecule has 4 fully saturated rings. The molecule has 2 aliphatic heterocycles. The molecule has 0 N–H and O–H groups in total. The first-order valence-electron chi connectivity index (χ1n) is 12.3. The molecule has 3 unspecified atom stereocenters. The minimum absolute atomic E-state index is 0.0538. The number of fused-ring (bicyclic) bond motifs is 1. The standard InChI is InChI=1S/C24H40N2O5/c1-5-29-21(27)17-8-10-20(11-9-17)30-24(25-12-6-7-13-25,22(28)31-23(2,3)4)26-15-18-14-19(18)16-26/h17-20H,5-16H2,1-4H3. The molecule has 31 heavy (non-hydrogen) atoms. The van der Waals surface area contributed by atoms with E-state index in [4.69, 9.17) is 14.2 Å². The number of carbonyl (C=O) groups excluding carboxylic acids is 2. The van der Waals surface area contributed by atoms with Crippen LogP contribution >= 0.6 is 0 Å². The van der Waals surface area contributed by atoms with Crippen LogP contribution in [0.3, 0.4) is 0 Å². The maximum absolute atomic E-state index is 13.8. The Hall–Kier alpha value is -1.18. The van der Waals surface area contributed by atoms with E-state index >= 15 is 0 Å². The average molecular weight is 437 g/mol. The van der Waals surface area contributed by atoms with Crippen LogP contribution in [0.25, 0.3) is 0 Å². The van der Waals surface area contributed by atoms with Crippen LogP contribution in [0.2, 0.25) is 0 Å². The van der Waals surface area contributed by atoms with Gasteiger partial charge in [0.05, 0.1) is 18.6 Å². The number of carbonyl (C=O) groups is 2. The third-order valence-corrected chi connectivity index (χ3v) is 7.23. The Bertz CT molecular complexity index is 653. The molecule has 0 aromatic rings. The van der Waals surface area contributed by atoms with Gasteiger partial charge in [-0.3, -0.25) is 14.6 Å². The molecule has 0 aromatic carbocycles. The highest BCUT2D eigenvalue weighted by atomic mass is 16.6. The smallest absolute Gasteiger partial charge is 0.371 e. The van der Waals surface area contributed by atoms with Crippen LogP contribution in [0.5, 0.6) is 0 Å². The number of hydrogen-bond donors (Lipinski definition) is 0. The first-order valence-corrected chi connectivity index (χ1v) is 12.3. The minimum atomic E-state index is -1.14. The third-order valence-electron chi connectivity index (χ3n) is 7.23. The predicted octanol–water partition coefficient (Wildman–Crippen LogP) is 3.17. The summed E-state index contributed by atoms with van der Waals surface area (Å²) < 4.78 is 18.0. The van der Waals surface area contributed by atoms with Crippen molar-refractivity contribution in [1.82, 2.24) is 9.80 Å². The summed E-state index contributed by atoms with van der Waals surface area (Å²) in [6.45, 7) is 11.5. The van der Waals surface area contributed by atoms with E-state index in [9.17, 15) is 9.59 Å². The van der Waals surface area contributed by atoms with Crippen molar-refractivity contribution in [2.24, 2.45) is 17.8 Å². The molecule has 7 heteroatoms. The van der Waals surface area contributed by atoms with Crippen LogP contribution < -0.4 is 0 Å². The fraction of sp³-hybridized carbons (Fsp3) is 0.917. The molecule has 3 atom stereocenters. The molecule has 0 spiro atoms. The zero-order chi connectivity index (χ0) is 22.2. The van der Waals surface area contributed by atoms with E-state index < -0.39 is 11.4 Å². The fourth-order valence-corrected chi connectivity index (χ4v) is 5.57. The second-order valence-corrected chi connectivity index (χ2v) is 10.8. The number of likely N-dealkylation sites (tertiary alicyclic amines) is 2. The number of nitrogens with zero attached hydrogens (tertiary/aromatic N) is 2. The summed E-state index contributed by atoms with van der Waals surface area (Å²) in [4.78, 5) is 30.5. The van der Waals surface area contributed by atoms with Gasteiger partial charge in [-0.05, 0) is 84.5 Å². The molecule has 0 amide bonds. The second-order valence-electron chi connectivity index (χ2n) is 10.8. The van der Waals surface area contributed by atoms with Crippen molar-refractivity contribution < 1.29 is 23.8 Å². The molecule has 2 aliphatic carbocycles. The van der Waals surface area contributed by atoms with Gasteiger partial charge in [-0.15, -0.1) is 0 Å². The van der Waals surface area contributed by atoms with Crippen molar-refractivity contribution in [2.75, 3.05) is 32.8 Å². The largest absolute Gasteiger partial charge is 0.466 e. The van der Waals surface area contributed by atoms with Gasteiger partial charge in [0.1, 0.15) is 5.60 Å². The van der Waals surface area contributed by atoms with Crippen LogP contribution in [0.15, 0.2) is 0 Å². The summed E-state index contributed by atoms with van der Waals surface area (Å²) in [5.74, 6) is -0.185. The number of ether oxygens (including phenoxy) is 3. The maximum Gasteiger partial charge on any atom is 0.371 e. The molecule has 7 nitrogen and oxygen atoms in total. The lowest BCUT2D eigenvalue weighted by Crippen LogP contribution is -2.68. The van der Waals surface area contributed by atoms with Crippen LogP contribution in [0.1, 0.15) is 72.6 Å². The van der Waals surface area contributed by atoms with Crippen LogP contribution in [0.4, 0.5) is 0 Å². The highest BCUT2D eigenvalue weighted by Gasteiger charge is 2.60. The van der Waals surface area contributed by atoms with E-state index in [1.54, 1.807) is 0 Å². The Morgan fingerprint density at radius 3 is 2.10 bits per heavy atom. The van der Waals surface area contributed by atoms with E-state index in [2.05, 4.69) is 9.80 Å². The van der Waals surface area contributed by atoms with Crippen LogP contribution in [0, 0.1) is 17.8 Å². The third kappa shape index (κ3) is 4.93. The van der Waals surface area contributed by atoms with Crippen molar-refractivity contribution in [2.45, 2.75) is 90.2 Å². The summed E-state index contributed by atoms with van der Waals surface area (Å²) in [5, 5.41) is 0. The van der Waals surface area contributed by atoms with Gasteiger partial charge in [0.25, 0.3) is 5.85 Å². The molecule has 0 bridgehead atoms. The van der Waals surface area contributed by atoms with Crippen molar-refractivity contribution in [3.05, 3.63) is 0 Å². The molecule has 0 aromatic heterocycles. The maximum atomic E-state index is 13.8. The van der Waals surface area contributed by atoms with Gasteiger partial charge in [0.2, 0.25) is 0 Å². The van der Waals surface area contributed by atoms with Gasteiger partial charge < -0.3 is 14.2 Å². The van der Waals surface area contributed by atoms with Gasteiger partial charge in [-0.2, -0.15) is 0 Å². The first-order chi connectivity index (χ1) is 14.7. The molecule has 4 aliphatic rings. The van der Waals surface area contributed by atoms with Crippen LogP contribution in [-0.4, -0.2) is 72.1 Å². The summed E-state index contributed by atoms with van der Waals surface area (Å²) in [7, 11) is 0. The molecular formula is C24H40N2O5. The van der Waals surface area contributed by atoms with Crippen molar-refractivity contribution >= 4 is 11.9 Å². The van der Waals surface area contributed by atoms with E-state index in [1.807, 2.05) is 27.7 Å². The van der Waals surface area contributed by atoms with Crippen LogP contribution in [-0.2, 0) is 23.8 Å². The Morgan fingerprint density at radius 1 is 0.935 bits per heavy atom. The van der Waals surface area contributed by atoms with E-state index in [-0.39, 0.29) is 24.0 Å². The van der Waals surface area contributed by atoms with Gasteiger partial charge in [0, 0.05) is 26.2 Å². The molecule has 2 saturated heterocycles. The molecule has 176 valence electrons. The monoisotopic (exact) mass is 436 g/mol. The Kier molecular flexibility index (Phi) is 6.67. The van der Waals surface area contributed by atoms with Gasteiger partial charge in [0.15, 0.2) is 0 Å². The SMILES string of the molecule is CCOC(=O)C1CCC(OC(C(=O)OC(C)(C)C)(N2CCCC2)N2CC3CC3C2)CC1. The lowest BCUT2D eigenvalue weighted by atomic mass is 9.87. The second kappa shape index (κ2) is 8.99. The Morgan fingerprint density at radius 2 is 1.55 bits per heavy atom. The topological polar surface area (TPSA) is 68.3 Å². The van der Waals surface area contributed by atoms with Crippen molar-refractivity contribution in [3.63, 3.8) is 0 Å². The molecule has 2 saturated carbocycles. The highest BCUT2D eigenvalue weighted by Crippen LogP contribution is 2.49. The fourth-order valence-electron chi connectivity index (χ4n) is 5.57. The molecule has 0 radical (unpaired) electrons. The minimum Gasteiger partial charge on any atom is -0.466 e. The number of rotatable bonds is 7. The van der Waals surface area contributed by atoms with Gasteiger partial charge in [-0.1, -0.05) is 0 Å². The van der Waals surface area contributed by atoms with Crippen molar-refractivity contribution in [1.29, 1.82) is 0 Å². The Labute approximate surface area is 186 Å². The number of piperidine rings is 1. The summed E-state index contributed by atoms with van der Waals surface area (Å²) in [5.41, 5.74) is -0.574. The molecule has 2 heterocycles. The summed E-state index contributed by atoms with van der Waals surface area (Å²) >= 11 is 0. The number of hydrogen-bond acceptors (Lipinski definition) is 7.